The third-order valence-electron chi connectivity index (χ3n) is 5.64. The van der Waals surface area contributed by atoms with Crippen LogP contribution in [0.15, 0.2) is 12.4 Å². The van der Waals surface area contributed by atoms with Gasteiger partial charge >= 0.3 is 0 Å². The lowest BCUT2D eigenvalue weighted by molar-refractivity contribution is -0.0167. The molecule has 0 spiro atoms. The van der Waals surface area contributed by atoms with Gasteiger partial charge < -0.3 is 5.32 Å². The Labute approximate surface area is 119 Å². The summed E-state index contributed by atoms with van der Waals surface area (Å²) < 4.78 is 1.81. The third-order valence-corrected chi connectivity index (χ3v) is 5.64. The van der Waals surface area contributed by atoms with E-state index in [-0.39, 0.29) is 11.4 Å². The van der Waals surface area contributed by atoms with Gasteiger partial charge in [-0.2, -0.15) is 5.10 Å². The minimum Gasteiger partial charge on any atom is -0.346 e. The number of amides is 1. The van der Waals surface area contributed by atoms with Crippen molar-refractivity contribution in [2.75, 3.05) is 0 Å². The summed E-state index contributed by atoms with van der Waals surface area (Å²) in [5.41, 5.74) is 0.808. The predicted molar refractivity (Wildman–Crippen MR) is 76.3 cm³/mol. The highest BCUT2D eigenvalue weighted by molar-refractivity contribution is 5.94. The fourth-order valence-electron chi connectivity index (χ4n) is 5.23. The van der Waals surface area contributed by atoms with Crippen molar-refractivity contribution in [3.05, 3.63) is 18.0 Å². The van der Waals surface area contributed by atoms with Gasteiger partial charge in [-0.25, -0.2) is 0 Å². The Morgan fingerprint density at radius 2 is 1.90 bits per heavy atom. The first-order valence-corrected chi connectivity index (χ1v) is 8.01. The molecule has 4 aliphatic carbocycles. The number of hydrogen-bond donors (Lipinski definition) is 1. The minimum absolute atomic E-state index is 0.0756. The van der Waals surface area contributed by atoms with Crippen LogP contribution in [0.25, 0.3) is 0 Å². The van der Waals surface area contributed by atoms with Crippen molar-refractivity contribution >= 4 is 5.91 Å². The fraction of sp³-hybridized carbons (Fsp3) is 0.750. The van der Waals surface area contributed by atoms with Crippen LogP contribution < -0.4 is 5.32 Å². The topological polar surface area (TPSA) is 46.9 Å². The van der Waals surface area contributed by atoms with Gasteiger partial charge in [0.05, 0.1) is 11.8 Å². The third kappa shape index (κ3) is 1.97. The number of nitrogens with one attached hydrogen (secondary N) is 1. The summed E-state index contributed by atoms with van der Waals surface area (Å²) in [6.07, 6.45) is 11.4. The summed E-state index contributed by atoms with van der Waals surface area (Å²) in [6.45, 7) is 2.85. The number of carbonyl (C=O) groups is 1. The Kier molecular flexibility index (Phi) is 2.69. The first-order valence-electron chi connectivity index (χ1n) is 8.01. The SMILES string of the molecule is CCn1cc(C(=O)NC23CC4CC(CC(C4)C2)C3)cn1. The van der Waals surface area contributed by atoms with Crippen molar-refractivity contribution in [2.24, 2.45) is 17.8 Å². The van der Waals surface area contributed by atoms with Gasteiger partial charge in [-0.1, -0.05) is 0 Å². The Morgan fingerprint density at radius 1 is 1.30 bits per heavy atom. The van der Waals surface area contributed by atoms with Crippen LogP contribution in [0.5, 0.6) is 0 Å². The van der Waals surface area contributed by atoms with Crippen molar-refractivity contribution in [1.82, 2.24) is 15.1 Å². The summed E-state index contributed by atoms with van der Waals surface area (Å²) in [6, 6.07) is 0. The summed E-state index contributed by atoms with van der Waals surface area (Å²) in [5, 5.41) is 7.59. The molecule has 0 unspecified atom stereocenters. The van der Waals surface area contributed by atoms with Crippen molar-refractivity contribution in [3.8, 4) is 0 Å². The summed E-state index contributed by atoms with van der Waals surface area (Å²) in [4.78, 5) is 12.5. The molecule has 4 nitrogen and oxygen atoms in total. The van der Waals surface area contributed by atoms with E-state index in [1.54, 1.807) is 6.20 Å². The second kappa shape index (κ2) is 4.34. The molecule has 20 heavy (non-hydrogen) atoms. The average Bonchev–Trinajstić information content (AvgIpc) is 2.85. The number of nitrogens with zero attached hydrogens (tertiary/aromatic N) is 2. The van der Waals surface area contributed by atoms with Gasteiger partial charge in [0.25, 0.3) is 5.91 Å². The molecule has 0 saturated heterocycles. The summed E-state index contributed by atoms with van der Waals surface area (Å²) >= 11 is 0. The molecule has 4 bridgehead atoms. The molecule has 0 aliphatic heterocycles. The van der Waals surface area contributed by atoms with Crippen LogP contribution in [0.1, 0.15) is 55.8 Å². The molecular weight excluding hydrogens is 250 g/mol. The molecule has 4 aliphatic rings. The van der Waals surface area contributed by atoms with Crippen LogP contribution in [-0.4, -0.2) is 21.2 Å². The Bertz CT molecular complexity index is 498. The van der Waals surface area contributed by atoms with Crippen LogP contribution in [0.2, 0.25) is 0 Å². The summed E-state index contributed by atoms with van der Waals surface area (Å²) in [5.74, 6) is 2.66. The maximum absolute atomic E-state index is 12.5. The van der Waals surface area contributed by atoms with E-state index >= 15 is 0 Å². The van der Waals surface area contributed by atoms with E-state index in [0.29, 0.717) is 5.56 Å². The van der Waals surface area contributed by atoms with Crippen LogP contribution in [0, 0.1) is 17.8 Å². The molecule has 1 amide bonds. The van der Waals surface area contributed by atoms with Gasteiger partial charge in [0.1, 0.15) is 0 Å². The Hall–Kier alpha value is -1.32. The van der Waals surface area contributed by atoms with Crippen molar-refractivity contribution in [1.29, 1.82) is 0 Å². The molecule has 5 rings (SSSR count). The van der Waals surface area contributed by atoms with Crippen molar-refractivity contribution in [2.45, 2.75) is 57.5 Å². The van der Waals surface area contributed by atoms with Gasteiger partial charge in [0, 0.05) is 18.3 Å². The van der Waals surface area contributed by atoms with E-state index in [1.165, 1.54) is 38.5 Å². The molecule has 1 N–H and O–H groups in total. The molecular formula is C16H23N3O. The van der Waals surface area contributed by atoms with Crippen LogP contribution >= 0.6 is 0 Å². The Balaban J connectivity index is 1.52. The van der Waals surface area contributed by atoms with Crippen molar-refractivity contribution in [3.63, 3.8) is 0 Å². The molecule has 1 aromatic rings. The second-order valence-electron chi connectivity index (χ2n) is 7.24. The first kappa shape index (κ1) is 12.4. The van der Waals surface area contributed by atoms with E-state index < -0.39 is 0 Å². The number of hydrogen-bond acceptors (Lipinski definition) is 2. The smallest absolute Gasteiger partial charge is 0.254 e. The molecule has 0 aromatic carbocycles. The maximum Gasteiger partial charge on any atom is 0.254 e. The maximum atomic E-state index is 12.5. The molecule has 0 radical (unpaired) electrons. The van der Waals surface area contributed by atoms with Crippen LogP contribution in [0.4, 0.5) is 0 Å². The zero-order chi connectivity index (χ0) is 13.7. The molecule has 0 atom stereocenters. The normalized spacial score (nSPS) is 38.1. The van der Waals surface area contributed by atoms with Gasteiger partial charge in [0.2, 0.25) is 0 Å². The van der Waals surface area contributed by atoms with Crippen molar-refractivity contribution < 1.29 is 4.79 Å². The number of rotatable bonds is 3. The molecule has 108 valence electrons. The largest absolute Gasteiger partial charge is 0.346 e. The lowest BCUT2D eigenvalue weighted by Gasteiger charge is -2.56. The molecule has 1 heterocycles. The van der Waals surface area contributed by atoms with E-state index in [1.807, 2.05) is 17.8 Å². The van der Waals surface area contributed by atoms with E-state index in [2.05, 4.69) is 10.4 Å². The fourth-order valence-corrected chi connectivity index (χ4v) is 5.23. The van der Waals surface area contributed by atoms with Gasteiger partial charge in [-0.05, 0) is 63.2 Å². The van der Waals surface area contributed by atoms with Gasteiger partial charge in [0.15, 0.2) is 0 Å². The molecule has 1 aromatic heterocycles. The molecule has 4 heteroatoms. The number of aromatic nitrogens is 2. The average molecular weight is 273 g/mol. The summed E-state index contributed by atoms with van der Waals surface area (Å²) in [7, 11) is 0. The highest BCUT2D eigenvalue weighted by Crippen LogP contribution is 2.55. The number of aryl methyl sites for hydroxylation is 1. The Morgan fingerprint density at radius 3 is 2.40 bits per heavy atom. The van der Waals surface area contributed by atoms with E-state index in [0.717, 1.165) is 24.3 Å². The van der Waals surface area contributed by atoms with Gasteiger partial charge in [-0.15, -0.1) is 0 Å². The van der Waals surface area contributed by atoms with Gasteiger partial charge in [-0.3, -0.25) is 9.48 Å². The number of carbonyl (C=O) groups excluding carboxylic acids is 1. The quantitative estimate of drug-likeness (QED) is 0.920. The van der Waals surface area contributed by atoms with E-state index in [9.17, 15) is 4.79 Å². The lowest BCUT2D eigenvalue weighted by Crippen LogP contribution is -2.59. The highest BCUT2D eigenvalue weighted by atomic mass is 16.1. The first-order chi connectivity index (χ1) is 9.66. The zero-order valence-electron chi connectivity index (χ0n) is 12.1. The zero-order valence-corrected chi connectivity index (χ0v) is 12.1. The standard InChI is InChI=1S/C16H23N3O/c1-2-19-10-14(9-17-19)15(20)18-16-6-11-3-12(7-16)5-13(4-11)8-16/h9-13H,2-8H2,1H3,(H,18,20). The highest BCUT2D eigenvalue weighted by Gasteiger charge is 2.51. The minimum atomic E-state index is 0.0756. The monoisotopic (exact) mass is 273 g/mol. The van der Waals surface area contributed by atoms with Crippen LogP contribution in [-0.2, 0) is 6.54 Å². The molecule has 4 fully saturated rings. The molecule has 4 saturated carbocycles. The predicted octanol–water partition coefficient (Wildman–Crippen LogP) is 2.60. The second-order valence-corrected chi connectivity index (χ2v) is 7.24. The lowest BCUT2D eigenvalue weighted by atomic mass is 9.53. The van der Waals surface area contributed by atoms with Crippen LogP contribution in [0.3, 0.4) is 0 Å². The van der Waals surface area contributed by atoms with E-state index in [4.69, 9.17) is 0 Å².